The lowest BCUT2D eigenvalue weighted by atomic mass is 10.3. The number of aryl methyl sites for hydroxylation is 1. The van der Waals surface area contributed by atoms with E-state index >= 15 is 0 Å². The number of pyridine rings is 1. The first-order valence-corrected chi connectivity index (χ1v) is 6.63. The van der Waals surface area contributed by atoms with Gasteiger partial charge in [0.25, 0.3) is 0 Å². The van der Waals surface area contributed by atoms with Crippen molar-refractivity contribution < 1.29 is 9.53 Å². The van der Waals surface area contributed by atoms with Crippen molar-refractivity contribution in [1.29, 1.82) is 0 Å². The van der Waals surface area contributed by atoms with Crippen molar-refractivity contribution in [2.24, 2.45) is 0 Å². The number of carbonyl (C=O) groups excluding carboxylic acids is 1. The molecular formula is C13H17N5O2. The van der Waals surface area contributed by atoms with Crippen LogP contribution in [0.1, 0.15) is 19.3 Å². The highest BCUT2D eigenvalue weighted by atomic mass is 16.5. The number of methoxy groups -OCH3 is 1. The standard InChI is InChI=1S/C13H17N5O2/c1-20-11-5-4-9-12(17-11)18(13(14)16-9)7-6-10(19)15-8-2-3-8/h4-5,8H,2-3,6-7H2,1H3,(H2,14,16)(H,15,19). The molecule has 1 fully saturated rings. The molecule has 1 amide bonds. The predicted octanol–water partition coefficient (Wildman–Crippen LogP) is 0.691. The van der Waals surface area contributed by atoms with Crippen LogP contribution < -0.4 is 15.8 Å². The van der Waals surface area contributed by atoms with Gasteiger partial charge in [0, 0.05) is 25.1 Å². The predicted molar refractivity (Wildman–Crippen MR) is 74.3 cm³/mol. The summed E-state index contributed by atoms with van der Waals surface area (Å²) in [5.74, 6) is 0.901. The largest absolute Gasteiger partial charge is 0.481 e. The van der Waals surface area contributed by atoms with Gasteiger partial charge in [-0.15, -0.1) is 0 Å². The number of hydrogen-bond donors (Lipinski definition) is 2. The molecule has 7 heteroatoms. The minimum Gasteiger partial charge on any atom is -0.481 e. The van der Waals surface area contributed by atoms with E-state index in [9.17, 15) is 4.79 Å². The lowest BCUT2D eigenvalue weighted by Crippen LogP contribution is -2.26. The van der Waals surface area contributed by atoms with Gasteiger partial charge in [-0.3, -0.25) is 9.36 Å². The smallest absolute Gasteiger partial charge is 0.222 e. The molecule has 0 aromatic carbocycles. The van der Waals surface area contributed by atoms with Crippen molar-refractivity contribution in [3.63, 3.8) is 0 Å². The molecule has 2 aromatic rings. The number of fused-ring (bicyclic) bond motifs is 1. The number of rotatable bonds is 5. The molecule has 0 spiro atoms. The van der Waals surface area contributed by atoms with Crippen LogP contribution in [0.2, 0.25) is 0 Å². The first kappa shape index (κ1) is 12.7. The van der Waals surface area contributed by atoms with Crippen LogP contribution in [0.25, 0.3) is 11.2 Å². The van der Waals surface area contributed by atoms with E-state index in [1.54, 1.807) is 23.8 Å². The SMILES string of the molecule is COc1ccc2nc(N)n(CCC(=O)NC3CC3)c2n1. The van der Waals surface area contributed by atoms with Gasteiger partial charge in [-0.2, -0.15) is 4.98 Å². The molecule has 0 bridgehead atoms. The van der Waals surface area contributed by atoms with Gasteiger partial charge in [0.05, 0.1) is 7.11 Å². The number of imidazole rings is 1. The van der Waals surface area contributed by atoms with Crippen LogP contribution in [-0.4, -0.2) is 33.6 Å². The molecule has 3 N–H and O–H groups in total. The second-order valence-electron chi connectivity index (χ2n) is 4.91. The summed E-state index contributed by atoms with van der Waals surface area (Å²) in [6.45, 7) is 0.459. The van der Waals surface area contributed by atoms with Crippen molar-refractivity contribution in [3.05, 3.63) is 12.1 Å². The Hall–Kier alpha value is -2.31. The lowest BCUT2D eigenvalue weighted by molar-refractivity contribution is -0.121. The normalized spacial score (nSPS) is 14.4. The van der Waals surface area contributed by atoms with Crippen LogP contribution in [0, 0.1) is 0 Å². The molecule has 0 saturated heterocycles. The average Bonchev–Trinajstić information content (AvgIpc) is 3.18. The topological polar surface area (TPSA) is 95.1 Å². The molecule has 1 aliphatic carbocycles. The first-order valence-electron chi connectivity index (χ1n) is 6.63. The number of aromatic nitrogens is 3. The van der Waals surface area contributed by atoms with Crippen molar-refractivity contribution in [3.8, 4) is 5.88 Å². The number of anilines is 1. The summed E-state index contributed by atoms with van der Waals surface area (Å²) in [5, 5.41) is 2.95. The molecule has 106 valence electrons. The van der Waals surface area contributed by atoms with E-state index in [1.165, 1.54) is 0 Å². The molecule has 0 radical (unpaired) electrons. The molecule has 0 atom stereocenters. The van der Waals surface area contributed by atoms with Crippen molar-refractivity contribution in [1.82, 2.24) is 19.9 Å². The summed E-state index contributed by atoms with van der Waals surface area (Å²) in [7, 11) is 1.56. The van der Waals surface area contributed by atoms with Gasteiger partial charge < -0.3 is 15.8 Å². The Balaban J connectivity index is 1.78. The molecular weight excluding hydrogens is 258 g/mol. The van der Waals surface area contributed by atoms with E-state index in [0.717, 1.165) is 12.8 Å². The third-order valence-corrected chi connectivity index (χ3v) is 3.31. The molecule has 2 aromatic heterocycles. The van der Waals surface area contributed by atoms with Crippen LogP contribution >= 0.6 is 0 Å². The van der Waals surface area contributed by atoms with E-state index in [2.05, 4.69) is 15.3 Å². The fraction of sp³-hybridized carbons (Fsp3) is 0.462. The number of amides is 1. The number of carbonyl (C=O) groups is 1. The van der Waals surface area contributed by atoms with Crippen LogP contribution in [0.3, 0.4) is 0 Å². The summed E-state index contributed by atoms with van der Waals surface area (Å²) in [6.07, 6.45) is 2.53. The van der Waals surface area contributed by atoms with E-state index in [-0.39, 0.29) is 5.91 Å². The van der Waals surface area contributed by atoms with Gasteiger partial charge >= 0.3 is 0 Å². The van der Waals surface area contributed by atoms with E-state index in [1.807, 2.05) is 0 Å². The van der Waals surface area contributed by atoms with Gasteiger partial charge in [-0.1, -0.05) is 0 Å². The maximum atomic E-state index is 11.7. The van der Waals surface area contributed by atoms with Crippen molar-refractivity contribution in [2.75, 3.05) is 12.8 Å². The maximum absolute atomic E-state index is 11.7. The van der Waals surface area contributed by atoms with Gasteiger partial charge in [0.1, 0.15) is 5.52 Å². The number of nitrogens with two attached hydrogens (primary N) is 1. The Kier molecular flexibility index (Phi) is 3.17. The summed E-state index contributed by atoms with van der Waals surface area (Å²) >= 11 is 0. The second-order valence-corrected chi connectivity index (χ2v) is 4.91. The molecule has 1 aliphatic rings. The molecule has 0 aliphatic heterocycles. The Labute approximate surface area is 116 Å². The fourth-order valence-electron chi connectivity index (χ4n) is 2.08. The van der Waals surface area contributed by atoms with Crippen LogP contribution in [0.5, 0.6) is 5.88 Å². The Bertz CT molecular complexity index is 647. The number of nitrogens with zero attached hydrogens (tertiary/aromatic N) is 3. The lowest BCUT2D eigenvalue weighted by Gasteiger charge is -2.07. The Morgan fingerprint density at radius 1 is 1.50 bits per heavy atom. The zero-order valence-electron chi connectivity index (χ0n) is 11.3. The third kappa shape index (κ3) is 2.52. The van der Waals surface area contributed by atoms with Crippen LogP contribution in [-0.2, 0) is 11.3 Å². The van der Waals surface area contributed by atoms with Crippen molar-refractivity contribution >= 4 is 23.0 Å². The molecule has 20 heavy (non-hydrogen) atoms. The van der Waals surface area contributed by atoms with Gasteiger partial charge in [0.2, 0.25) is 17.7 Å². The fourth-order valence-corrected chi connectivity index (χ4v) is 2.08. The Morgan fingerprint density at radius 3 is 3.00 bits per heavy atom. The Morgan fingerprint density at radius 2 is 2.30 bits per heavy atom. The average molecular weight is 275 g/mol. The van der Waals surface area contributed by atoms with Crippen LogP contribution in [0.4, 0.5) is 5.95 Å². The number of nitrogen functional groups attached to an aromatic ring is 1. The molecule has 0 unspecified atom stereocenters. The number of hydrogen-bond acceptors (Lipinski definition) is 5. The zero-order chi connectivity index (χ0) is 14.1. The van der Waals surface area contributed by atoms with Gasteiger partial charge in [0.15, 0.2) is 5.65 Å². The highest BCUT2D eigenvalue weighted by molar-refractivity contribution is 5.78. The minimum absolute atomic E-state index is 0.0386. The molecule has 3 rings (SSSR count). The van der Waals surface area contributed by atoms with Gasteiger partial charge in [-0.05, 0) is 18.9 Å². The molecule has 2 heterocycles. The summed E-state index contributed by atoms with van der Waals surface area (Å²) in [4.78, 5) is 20.3. The third-order valence-electron chi connectivity index (χ3n) is 3.31. The van der Waals surface area contributed by atoms with E-state index in [4.69, 9.17) is 10.5 Å². The number of ether oxygens (including phenoxy) is 1. The van der Waals surface area contributed by atoms with Crippen molar-refractivity contribution in [2.45, 2.75) is 31.8 Å². The van der Waals surface area contributed by atoms with Gasteiger partial charge in [-0.25, -0.2) is 4.98 Å². The molecule has 1 saturated carbocycles. The maximum Gasteiger partial charge on any atom is 0.222 e. The van der Waals surface area contributed by atoms with E-state index < -0.39 is 0 Å². The second kappa shape index (κ2) is 4.99. The quantitative estimate of drug-likeness (QED) is 0.837. The summed E-state index contributed by atoms with van der Waals surface area (Å²) in [6, 6.07) is 3.91. The number of nitrogens with one attached hydrogen (secondary N) is 1. The molecule has 7 nitrogen and oxygen atoms in total. The first-order chi connectivity index (χ1) is 9.67. The highest BCUT2D eigenvalue weighted by Gasteiger charge is 2.23. The monoisotopic (exact) mass is 275 g/mol. The van der Waals surface area contributed by atoms with Crippen LogP contribution in [0.15, 0.2) is 12.1 Å². The summed E-state index contributed by atoms with van der Waals surface area (Å²) in [5.41, 5.74) is 7.22. The van der Waals surface area contributed by atoms with E-state index in [0.29, 0.717) is 42.0 Å². The minimum atomic E-state index is 0.0386. The summed E-state index contributed by atoms with van der Waals surface area (Å²) < 4.78 is 6.84. The zero-order valence-corrected chi connectivity index (χ0v) is 11.3. The highest BCUT2D eigenvalue weighted by Crippen LogP contribution is 2.21.